The van der Waals surface area contributed by atoms with Crippen LogP contribution < -0.4 is 5.09 Å². The van der Waals surface area contributed by atoms with Gasteiger partial charge in [-0.15, -0.1) is 23.2 Å². The van der Waals surface area contributed by atoms with Crippen LogP contribution in [-0.2, 0) is 9.30 Å². The molecule has 0 radical (unpaired) electrons. The molecule has 0 aromatic heterocycles. The molecule has 0 spiro atoms. The van der Waals surface area contributed by atoms with Crippen LogP contribution in [-0.4, -0.2) is 92.1 Å². The summed E-state index contributed by atoms with van der Waals surface area (Å²) >= 11 is 11.1. The Labute approximate surface area is 138 Å². The van der Waals surface area contributed by atoms with Crippen LogP contribution in [0.4, 0.5) is 0 Å². The zero-order valence-corrected chi connectivity index (χ0v) is 14.0. The van der Waals surface area contributed by atoms with E-state index in [9.17, 15) is 24.8 Å². The molecule has 1 saturated heterocycles. The molecule has 0 bridgehead atoms. The lowest BCUT2D eigenvalue weighted by Crippen LogP contribution is -2.63. The predicted octanol–water partition coefficient (Wildman–Crippen LogP) is -1.74. The second-order valence-corrected chi connectivity index (χ2v) is 7.39. The Bertz CT molecular complexity index is 392. The van der Waals surface area contributed by atoms with E-state index < -0.39 is 44.9 Å². The van der Waals surface area contributed by atoms with E-state index in [1.807, 2.05) is 0 Å². The Hall–Kier alpha value is 0.490. The third-order valence-electron chi connectivity index (χ3n) is 3.23. The summed E-state index contributed by atoms with van der Waals surface area (Å²) < 4.78 is 18.5. The Morgan fingerprint density at radius 1 is 1.14 bits per heavy atom. The maximum Gasteiger partial charge on any atom is 0.343 e. The van der Waals surface area contributed by atoms with E-state index in [4.69, 9.17) is 33.0 Å². The number of nitrogens with zero attached hydrogens (tertiary/aromatic N) is 1. The molecule has 0 saturated carbocycles. The van der Waals surface area contributed by atoms with Gasteiger partial charge in [-0.1, -0.05) is 0 Å². The molecule has 1 unspecified atom stereocenters. The number of halogens is 2. The summed E-state index contributed by atoms with van der Waals surface area (Å²) in [5.74, 6) is 0.0239. The van der Waals surface area contributed by atoms with Crippen molar-refractivity contribution in [3.8, 4) is 0 Å². The highest BCUT2D eigenvalue weighted by Gasteiger charge is 2.49. The van der Waals surface area contributed by atoms with Gasteiger partial charge in [0.05, 0.1) is 6.61 Å². The van der Waals surface area contributed by atoms with E-state index in [0.717, 1.165) is 4.67 Å². The second-order valence-electron chi connectivity index (χ2n) is 4.71. The van der Waals surface area contributed by atoms with Crippen molar-refractivity contribution in [3.05, 3.63) is 0 Å². The van der Waals surface area contributed by atoms with Crippen molar-refractivity contribution in [2.45, 2.75) is 30.6 Å². The average molecular weight is 383 g/mol. The number of alkyl halides is 2. The molecule has 0 amide bonds. The van der Waals surface area contributed by atoms with Gasteiger partial charge >= 0.3 is 7.67 Å². The van der Waals surface area contributed by atoms with Crippen molar-refractivity contribution >= 4 is 30.9 Å². The number of nitrogens with one attached hydrogen (secondary N) is 1. The highest BCUT2D eigenvalue weighted by molar-refractivity contribution is 7.53. The Balaban J connectivity index is 3.00. The Morgan fingerprint density at radius 2 is 1.77 bits per heavy atom. The summed E-state index contributed by atoms with van der Waals surface area (Å²) in [6.45, 7) is -0.764. The smallest absolute Gasteiger partial charge is 0.343 e. The van der Waals surface area contributed by atoms with Gasteiger partial charge in [0.2, 0.25) is 0 Å². The van der Waals surface area contributed by atoms with Gasteiger partial charge in [-0.05, 0) is 0 Å². The van der Waals surface area contributed by atoms with Crippen LogP contribution in [0.3, 0.4) is 0 Å². The number of ether oxygens (including phenoxy) is 1. The summed E-state index contributed by atoms with van der Waals surface area (Å²) in [5, 5.41) is 41.0. The van der Waals surface area contributed by atoms with E-state index in [1.165, 1.54) is 0 Å². The van der Waals surface area contributed by atoms with Crippen LogP contribution in [0.25, 0.3) is 0 Å². The van der Waals surface area contributed by atoms with Crippen molar-refractivity contribution in [2.24, 2.45) is 0 Å². The number of aliphatic hydroxyl groups excluding tert-OH is 4. The fraction of sp³-hybridized carbons (Fsp3) is 1.00. The normalized spacial score (nSPS) is 35.5. The van der Waals surface area contributed by atoms with Gasteiger partial charge in [0.1, 0.15) is 30.6 Å². The first-order chi connectivity index (χ1) is 10.3. The van der Waals surface area contributed by atoms with E-state index in [1.54, 1.807) is 0 Å². The molecule has 0 aliphatic carbocycles. The maximum absolute atomic E-state index is 12.3. The third-order valence-corrected chi connectivity index (χ3v) is 5.35. The number of rotatable bonds is 8. The van der Waals surface area contributed by atoms with E-state index in [2.05, 4.69) is 5.09 Å². The molecule has 12 heteroatoms. The molecule has 1 rings (SSSR count). The zero-order valence-electron chi connectivity index (χ0n) is 11.6. The first-order valence-corrected chi connectivity index (χ1v) is 9.25. The molecule has 9 nitrogen and oxygen atoms in total. The van der Waals surface area contributed by atoms with Gasteiger partial charge in [-0.2, -0.15) is 4.67 Å². The summed E-state index contributed by atoms with van der Waals surface area (Å²) in [6, 6.07) is 0. The zero-order chi connectivity index (χ0) is 16.9. The molecular formula is C10H21Cl2N2O7P. The van der Waals surface area contributed by atoms with E-state index in [0.29, 0.717) is 0 Å². The van der Waals surface area contributed by atoms with Crippen molar-refractivity contribution in [1.82, 2.24) is 9.76 Å². The minimum absolute atomic E-state index is 0.0194. The molecule has 1 fully saturated rings. The minimum Gasteiger partial charge on any atom is -0.394 e. The summed E-state index contributed by atoms with van der Waals surface area (Å²) in [6.07, 6.45) is -7.49. The van der Waals surface area contributed by atoms with Crippen molar-refractivity contribution in [2.75, 3.05) is 31.5 Å². The maximum atomic E-state index is 12.3. The third kappa shape index (κ3) is 4.75. The predicted molar refractivity (Wildman–Crippen MR) is 79.7 cm³/mol. The topological polar surface area (TPSA) is 143 Å². The van der Waals surface area contributed by atoms with Crippen LogP contribution in [0.2, 0.25) is 0 Å². The molecule has 6 atom stereocenters. The largest absolute Gasteiger partial charge is 0.394 e. The SMILES string of the molecule is O=P(O)(NCCCl)N(CCCl)[C@@H]1O[C@H](CO)[C@H](O)[C@H](O)[C@H]1O. The number of hydrogen-bond acceptors (Lipinski definition) is 6. The Morgan fingerprint density at radius 3 is 2.27 bits per heavy atom. The van der Waals surface area contributed by atoms with Crippen LogP contribution in [0.15, 0.2) is 0 Å². The average Bonchev–Trinajstić information content (AvgIpc) is 2.49. The highest BCUT2D eigenvalue weighted by Crippen LogP contribution is 2.44. The highest BCUT2D eigenvalue weighted by atomic mass is 35.5. The second kappa shape index (κ2) is 9.10. The lowest BCUT2D eigenvalue weighted by molar-refractivity contribution is -0.253. The van der Waals surface area contributed by atoms with Crippen LogP contribution in [0.1, 0.15) is 0 Å². The van der Waals surface area contributed by atoms with Crippen molar-refractivity contribution in [1.29, 1.82) is 0 Å². The molecule has 0 aromatic carbocycles. The number of hydrogen-bond donors (Lipinski definition) is 6. The van der Waals surface area contributed by atoms with Gasteiger partial charge in [0.15, 0.2) is 0 Å². The first kappa shape index (κ1) is 20.5. The lowest BCUT2D eigenvalue weighted by Gasteiger charge is -2.45. The summed E-state index contributed by atoms with van der Waals surface area (Å²) in [5.41, 5.74) is 0. The fourth-order valence-corrected chi connectivity index (χ4v) is 4.09. The van der Waals surface area contributed by atoms with Gasteiger partial charge in [-0.25, -0.2) is 5.09 Å². The van der Waals surface area contributed by atoms with Crippen LogP contribution >= 0.6 is 30.9 Å². The number of aliphatic hydroxyl groups is 4. The molecule has 6 N–H and O–H groups in total. The van der Waals surface area contributed by atoms with E-state index in [-0.39, 0.29) is 24.8 Å². The van der Waals surface area contributed by atoms with Gasteiger partial charge in [-0.3, -0.25) is 4.57 Å². The molecule has 1 heterocycles. The van der Waals surface area contributed by atoms with E-state index >= 15 is 0 Å². The van der Waals surface area contributed by atoms with Crippen LogP contribution in [0, 0.1) is 0 Å². The van der Waals surface area contributed by atoms with Gasteiger partial charge < -0.3 is 30.1 Å². The van der Waals surface area contributed by atoms with Crippen molar-refractivity contribution in [3.63, 3.8) is 0 Å². The minimum atomic E-state index is -4.17. The standard InChI is InChI=1S/C10H21Cl2N2O7P/c11-1-3-13-22(19,20)14(4-2-12)10-9(18)8(17)7(16)6(5-15)21-10/h6-10,15-18H,1-5H2,(H2,13,19,20)/t6-,7+,8+,9-,10-/m1/s1. The molecule has 132 valence electrons. The molecule has 0 aromatic rings. The quantitative estimate of drug-likeness (QED) is 0.213. The molecule has 1 aliphatic heterocycles. The fourth-order valence-electron chi connectivity index (χ4n) is 2.11. The van der Waals surface area contributed by atoms with Crippen LogP contribution in [0.5, 0.6) is 0 Å². The first-order valence-electron chi connectivity index (χ1n) is 6.57. The van der Waals surface area contributed by atoms with Crippen molar-refractivity contribution < 1.29 is 34.6 Å². The molecular weight excluding hydrogens is 362 g/mol. The lowest BCUT2D eigenvalue weighted by atomic mass is 9.98. The van der Waals surface area contributed by atoms with Gasteiger partial charge in [0, 0.05) is 24.8 Å². The monoisotopic (exact) mass is 382 g/mol. The van der Waals surface area contributed by atoms with Gasteiger partial charge in [0.25, 0.3) is 0 Å². The molecule has 22 heavy (non-hydrogen) atoms. The summed E-state index contributed by atoms with van der Waals surface area (Å²) in [4.78, 5) is 10.1. The molecule has 1 aliphatic rings. The summed E-state index contributed by atoms with van der Waals surface area (Å²) in [7, 11) is -4.17. The Kier molecular flexibility index (Phi) is 8.49.